The molecule has 1 saturated carbocycles. The van der Waals surface area contributed by atoms with Crippen LogP contribution in [0.3, 0.4) is 0 Å². The fraction of sp³-hybridized carbons (Fsp3) is 0.600. The van der Waals surface area contributed by atoms with E-state index in [1.54, 1.807) is 6.07 Å². The first-order valence-electron chi connectivity index (χ1n) is 7.33. The van der Waals surface area contributed by atoms with Gasteiger partial charge in [-0.1, -0.05) is 32.3 Å². The lowest BCUT2D eigenvalue weighted by molar-refractivity contribution is -0.386. The van der Waals surface area contributed by atoms with E-state index in [0.717, 1.165) is 25.3 Å². The molecule has 0 aliphatic heterocycles. The molecule has 1 unspecified atom stereocenters. The van der Waals surface area contributed by atoms with Crippen LogP contribution in [-0.2, 0) is 0 Å². The molecule has 1 aliphatic rings. The van der Waals surface area contributed by atoms with Crippen LogP contribution >= 0.6 is 0 Å². The summed E-state index contributed by atoms with van der Waals surface area (Å²) in [6, 6.07) is 4.41. The first-order chi connectivity index (χ1) is 9.63. The van der Waals surface area contributed by atoms with Crippen LogP contribution in [0.2, 0.25) is 0 Å². The van der Waals surface area contributed by atoms with Gasteiger partial charge < -0.3 is 5.32 Å². The Labute approximate surface area is 118 Å². The molecule has 1 aromatic rings. The number of halogens is 1. The molecule has 1 aromatic carbocycles. The highest BCUT2D eigenvalue weighted by Gasteiger charge is 2.26. The minimum Gasteiger partial charge on any atom is -0.376 e. The van der Waals surface area contributed by atoms with Crippen molar-refractivity contribution >= 4 is 11.4 Å². The highest BCUT2D eigenvalue weighted by Crippen LogP contribution is 2.33. The van der Waals surface area contributed by atoms with Gasteiger partial charge in [0.2, 0.25) is 5.82 Å². The van der Waals surface area contributed by atoms with E-state index in [9.17, 15) is 14.5 Å². The zero-order valence-corrected chi connectivity index (χ0v) is 11.8. The molecular weight excluding hydrogens is 259 g/mol. The number of nitrogens with one attached hydrogen (secondary N) is 1. The van der Waals surface area contributed by atoms with Crippen molar-refractivity contribution in [2.45, 2.75) is 51.5 Å². The summed E-state index contributed by atoms with van der Waals surface area (Å²) in [7, 11) is 0. The molecule has 1 fully saturated rings. The lowest BCUT2D eigenvalue weighted by Gasteiger charge is -2.30. The van der Waals surface area contributed by atoms with Gasteiger partial charge >= 0.3 is 5.69 Å². The van der Waals surface area contributed by atoms with Crippen molar-refractivity contribution in [1.29, 1.82) is 0 Å². The topological polar surface area (TPSA) is 55.2 Å². The second-order valence-corrected chi connectivity index (χ2v) is 5.45. The largest absolute Gasteiger partial charge is 0.376 e. The molecule has 0 amide bonds. The Kier molecular flexibility index (Phi) is 4.93. The molecule has 0 aromatic heterocycles. The number of nitrogens with zero attached hydrogens (tertiary/aromatic N) is 1. The first kappa shape index (κ1) is 14.8. The Hall–Kier alpha value is -1.65. The lowest BCUT2D eigenvalue weighted by Crippen LogP contribution is -2.30. The van der Waals surface area contributed by atoms with Crippen LogP contribution in [0.1, 0.15) is 45.4 Å². The summed E-state index contributed by atoms with van der Waals surface area (Å²) in [5.74, 6) is -0.255. The molecule has 0 saturated heterocycles. The van der Waals surface area contributed by atoms with Crippen LogP contribution < -0.4 is 5.32 Å². The van der Waals surface area contributed by atoms with Crippen LogP contribution in [0.25, 0.3) is 0 Å². The highest BCUT2D eigenvalue weighted by atomic mass is 19.1. The van der Waals surface area contributed by atoms with Crippen LogP contribution in [0.15, 0.2) is 18.2 Å². The third kappa shape index (κ3) is 3.26. The summed E-state index contributed by atoms with van der Waals surface area (Å²) >= 11 is 0. The van der Waals surface area contributed by atoms with Gasteiger partial charge in [-0.25, -0.2) is 0 Å². The molecule has 1 N–H and O–H groups in total. The highest BCUT2D eigenvalue weighted by molar-refractivity contribution is 5.62. The van der Waals surface area contributed by atoms with Crippen LogP contribution in [-0.4, -0.2) is 11.0 Å². The number of nitro groups is 1. The van der Waals surface area contributed by atoms with Crippen molar-refractivity contribution in [1.82, 2.24) is 0 Å². The zero-order chi connectivity index (χ0) is 14.5. The van der Waals surface area contributed by atoms with E-state index in [4.69, 9.17) is 0 Å². The maximum absolute atomic E-state index is 13.6. The van der Waals surface area contributed by atoms with E-state index >= 15 is 0 Å². The molecule has 20 heavy (non-hydrogen) atoms. The summed E-state index contributed by atoms with van der Waals surface area (Å²) in [6.07, 6.45) is 6.89. The van der Waals surface area contributed by atoms with Gasteiger partial charge in [-0.15, -0.1) is 0 Å². The van der Waals surface area contributed by atoms with Crippen molar-refractivity contribution < 1.29 is 9.31 Å². The van der Waals surface area contributed by atoms with Crippen LogP contribution in [0.5, 0.6) is 0 Å². The predicted octanol–water partition coefficient (Wildman–Crippen LogP) is 4.50. The van der Waals surface area contributed by atoms with Gasteiger partial charge in [0.15, 0.2) is 0 Å². The zero-order valence-electron chi connectivity index (χ0n) is 11.8. The molecule has 0 heterocycles. The molecule has 4 nitrogen and oxygen atoms in total. The molecule has 0 spiro atoms. The average Bonchev–Trinajstić information content (AvgIpc) is 2.45. The van der Waals surface area contributed by atoms with Crippen molar-refractivity contribution in [2.24, 2.45) is 5.92 Å². The van der Waals surface area contributed by atoms with Gasteiger partial charge in [0.1, 0.15) is 5.69 Å². The van der Waals surface area contributed by atoms with Crippen LogP contribution in [0, 0.1) is 21.8 Å². The normalized spacial score (nSPS) is 17.7. The van der Waals surface area contributed by atoms with Crippen molar-refractivity contribution in [3.05, 3.63) is 34.1 Å². The van der Waals surface area contributed by atoms with Gasteiger partial charge in [0, 0.05) is 6.04 Å². The Morgan fingerprint density at radius 2 is 2.10 bits per heavy atom. The summed E-state index contributed by atoms with van der Waals surface area (Å²) in [5.41, 5.74) is -0.144. The second kappa shape index (κ2) is 6.68. The summed E-state index contributed by atoms with van der Waals surface area (Å²) in [6.45, 7) is 2.07. The van der Waals surface area contributed by atoms with Gasteiger partial charge in [-0.3, -0.25) is 10.1 Å². The average molecular weight is 280 g/mol. The van der Waals surface area contributed by atoms with Gasteiger partial charge in [-0.2, -0.15) is 4.39 Å². The molecule has 5 heteroatoms. The summed E-state index contributed by atoms with van der Waals surface area (Å²) < 4.78 is 13.6. The van der Waals surface area contributed by atoms with E-state index in [0.29, 0.717) is 11.6 Å². The third-order valence-corrected chi connectivity index (χ3v) is 4.17. The minimum absolute atomic E-state index is 0.177. The number of anilines is 1. The van der Waals surface area contributed by atoms with E-state index in [-0.39, 0.29) is 6.04 Å². The maximum atomic E-state index is 13.6. The lowest BCUT2D eigenvalue weighted by atomic mass is 9.83. The second-order valence-electron chi connectivity index (χ2n) is 5.45. The number of hydrogen-bond acceptors (Lipinski definition) is 3. The van der Waals surface area contributed by atoms with Gasteiger partial charge in [-0.05, 0) is 37.3 Å². The monoisotopic (exact) mass is 280 g/mol. The number of rotatable bonds is 5. The number of para-hydroxylation sites is 1. The first-order valence-corrected chi connectivity index (χ1v) is 7.33. The van der Waals surface area contributed by atoms with E-state index in [2.05, 4.69) is 12.2 Å². The number of hydrogen-bond donors (Lipinski definition) is 1. The Bertz CT molecular complexity index is 473. The Balaban J connectivity index is 2.18. The summed E-state index contributed by atoms with van der Waals surface area (Å²) in [4.78, 5) is 10.4. The fourth-order valence-corrected chi connectivity index (χ4v) is 3.11. The predicted molar refractivity (Wildman–Crippen MR) is 77.3 cm³/mol. The fourth-order valence-electron chi connectivity index (χ4n) is 3.11. The molecule has 2 rings (SSSR count). The Morgan fingerprint density at radius 1 is 1.40 bits per heavy atom. The van der Waals surface area contributed by atoms with E-state index < -0.39 is 16.4 Å². The molecular formula is C15H21FN2O2. The van der Waals surface area contributed by atoms with Crippen LogP contribution in [0.4, 0.5) is 15.8 Å². The number of nitro benzene ring substituents is 1. The molecule has 1 atom stereocenters. The van der Waals surface area contributed by atoms with Gasteiger partial charge in [0.25, 0.3) is 0 Å². The van der Waals surface area contributed by atoms with Crippen molar-refractivity contribution in [2.75, 3.05) is 5.32 Å². The standard InChI is InChI=1S/C15H21FN2O2/c1-2-13(11-7-4-3-5-8-11)17-14-10-6-9-12(16)15(14)18(19)20/h6,9-11,13,17H,2-5,7-8H2,1H3. The molecule has 0 bridgehead atoms. The quantitative estimate of drug-likeness (QED) is 0.638. The maximum Gasteiger partial charge on any atom is 0.327 e. The molecule has 1 aliphatic carbocycles. The minimum atomic E-state index is -0.779. The summed E-state index contributed by atoms with van der Waals surface area (Å²) in [5, 5.41) is 14.2. The molecule has 0 radical (unpaired) electrons. The SMILES string of the molecule is CCC(Nc1cccc(F)c1[N+](=O)[O-])C1CCCCC1. The van der Waals surface area contributed by atoms with Crippen molar-refractivity contribution in [3.8, 4) is 0 Å². The van der Waals surface area contributed by atoms with Crippen molar-refractivity contribution in [3.63, 3.8) is 0 Å². The van der Waals surface area contributed by atoms with E-state index in [1.165, 1.54) is 25.3 Å². The molecule has 110 valence electrons. The Morgan fingerprint density at radius 3 is 2.70 bits per heavy atom. The smallest absolute Gasteiger partial charge is 0.327 e. The number of benzene rings is 1. The third-order valence-electron chi connectivity index (χ3n) is 4.17. The van der Waals surface area contributed by atoms with E-state index in [1.807, 2.05) is 0 Å². The van der Waals surface area contributed by atoms with Gasteiger partial charge in [0.05, 0.1) is 4.92 Å².